The van der Waals surface area contributed by atoms with Gasteiger partial charge in [-0.25, -0.2) is 12.7 Å². The standard InChI is InChI=1S/C15H20N2O3S/c1-4-12-7-5-6-8-14(12)16-11-13-9-10-15(20-13)21(18,19)17(2)3/h5-10,16H,4,11H2,1-3H3. The third-order valence-electron chi connectivity index (χ3n) is 3.22. The van der Waals surface area contributed by atoms with E-state index in [2.05, 4.69) is 18.3 Å². The molecular formula is C15H20N2O3S. The van der Waals surface area contributed by atoms with E-state index in [1.165, 1.54) is 25.7 Å². The van der Waals surface area contributed by atoms with Gasteiger partial charge in [-0.15, -0.1) is 0 Å². The molecule has 1 aromatic carbocycles. The van der Waals surface area contributed by atoms with Crippen LogP contribution in [0.1, 0.15) is 18.2 Å². The van der Waals surface area contributed by atoms with Crippen LogP contribution in [0.4, 0.5) is 5.69 Å². The van der Waals surface area contributed by atoms with E-state index in [0.29, 0.717) is 12.3 Å². The van der Waals surface area contributed by atoms with Gasteiger partial charge in [0.1, 0.15) is 5.76 Å². The number of para-hydroxylation sites is 1. The summed E-state index contributed by atoms with van der Waals surface area (Å²) in [5, 5.41) is 3.24. The topological polar surface area (TPSA) is 62.6 Å². The van der Waals surface area contributed by atoms with E-state index in [0.717, 1.165) is 16.4 Å². The number of anilines is 1. The Labute approximate surface area is 125 Å². The van der Waals surface area contributed by atoms with Gasteiger partial charge in [-0.05, 0) is 30.2 Å². The molecular weight excluding hydrogens is 288 g/mol. The van der Waals surface area contributed by atoms with E-state index < -0.39 is 10.0 Å². The summed E-state index contributed by atoms with van der Waals surface area (Å²) in [6.45, 7) is 2.54. The minimum Gasteiger partial charge on any atom is -0.446 e. The number of hydrogen-bond acceptors (Lipinski definition) is 4. The summed E-state index contributed by atoms with van der Waals surface area (Å²) in [7, 11) is -0.554. The van der Waals surface area contributed by atoms with Crippen LogP contribution in [0, 0.1) is 0 Å². The maximum atomic E-state index is 11.9. The van der Waals surface area contributed by atoms with Crippen molar-refractivity contribution in [1.82, 2.24) is 4.31 Å². The largest absolute Gasteiger partial charge is 0.446 e. The Bertz CT molecular complexity index is 705. The first-order chi connectivity index (χ1) is 9.95. The van der Waals surface area contributed by atoms with Crippen molar-refractivity contribution in [1.29, 1.82) is 0 Å². The fraction of sp³-hybridized carbons (Fsp3) is 0.333. The molecule has 0 unspecified atom stereocenters. The molecule has 0 atom stereocenters. The van der Waals surface area contributed by atoms with Crippen LogP contribution in [0.15, 0.2) is 45.9 Å². The number of sulfonamides is 1. The van der Waals surface area contributed by atoms with Crippen molar-refractivity contribution in [3.63, 3.8) is 0 Å². The average Bonchev–Trinajstić information content (AvgIpc) is 2.94. The fourth-order valence-electron chi connectivity index (χ4n) is 1.96. The summed E-state index contributed by atoms with van der Waals surface area (Å²) in [6.07, 6.45) is 0.932. The van der Waals surface area contributed by atoms with Crippen LogP contribution >= 0.6 is 0 Å². The van der Waals surface area contributed by atoms with Crippen molar-refractivity contribution in [2.75, 3.05) is 19.4 Å². The Morgan fingerprint density at radius 1 is 1.14 bits per heavy atom. The van der Waals surface area contributed by atoms with Crippen molar-refractivity contribution < 1.29 is 12.8 Å². The first-order valence-electron chi connectivity index (χ1n) is 6.78. The van der Waals surface area contributed by atoms with Crippen molar-refractivity contribution in [2.24, 2.45) is 0 Å². The Morgan fingerprint density at radius 3 is 2.52 bits per heavy atom. The third-order valence-corrected chi connectivity index (χ3v) is 4.91. The van der Waals surface area contributed by atoms with Crippen LogP contribution in [0.5, 0.6) is 0 Å². The molecule has 0 amide bonds. The zero-order valence-corrected chi connectivity index (χ0v) is 13.3. The van der Waals surface area contributed by atoms with Gasteiger partial charge in [-0.3, -0.25) is 0 Å². The van der Waals surface area contributed by atoms with E-state index in [9.17, 15) is 8.42 Å². The Hall–Kier alpha value is -1.79. The van der Waals surface area contributed by atoms with Gasteiger partial charge in [0.15, 0.2) is 0 Å². The SMILES string of the molecule is CCc1ccccc1NCc1ccc(S(=O)(=O)N(C)C)o1. The normalized spacial score (nSPS) is 11.8. The lowest BCUT2D eigenvalue weighted by Gasteiger charge is -2.10. The highest BCUT2D eigenvalue weighted by atomic mass is 32.2. The van der Waals surface area contributed by atoms with Crippen molar-refractivity contribution >= 4 is 15.7 Å². The second-order valence-corrected chi connectivity index (χ2v) is 6.96. The summed E-state index contributed by atoms with van der Waals surface area (Å²) in [5.74, 6) is 0.585. The molecule has 0 aliphatic carbocycles. The molecule has 0 fully saturated rings. The van der Waals surface area contributed by atoms with E-state index >= 15 is 0 Å². The molecule has 0 aliphatic rings. The molecule has 0 aliphatic heterocycles. The smallest absolute Gasteiger partial charge is 0.275 e. The molecule has 0 saturated carbocycles. The van der Waals surface area contributed by atoms with E-state index in [1.54, 1.807) is 6.07 Å². The molecule has 2 aromatic rings. The number of benzene rings is 1. The molecule has 1 aromatic heterocycles. The Morgan fingerprint density at radius 2 is 1.86 bits per heavy atom. The molecule has 1 heterocycles. The van der Waals surface area contributed by atoms with Crippen LogP contribution in [-0.2, 0) is 23.0 Å². The van der Waals surface area contributed by atoms with Crippen LogP contribution < -0.4 is 5.32 Å². The first kappa shape index (κ1) is 15.6. The van der Waals surface area contributed by atoms with Crippen molar-refractivity contribution in [3.8, 4) is 0 Å². The van der Waals surface area contributed by atoms with Gasteiger partial charge in [0.2, 0.25) is 5.09 Å². The second-order valence-electron chi connectivity index (χ2n) is 4.87. The lowest BCUT2D eigenvalue weighted by Crippen LogP contribution is -2.21. The number of rotatable bonds is 6. The molecule has 0 saturated heterocycles. The average molecular weight is 308 g/mol. The molecule has 114 valence electrons. The van der Waals surface area contributed by atoms with Gasteiger partial charge in [0, 0.05) is 19.8 Å². The molecule has 6 heteroatoms. The lowest BCUT2D eigenvalue weighted by atomic mass is 10.1. The molecule has 21 heavy (non-hydrogen) atoms. The number of furan rings is 1. The summed E-state index contributed by atoms with van der Waals surface area (Å²) in [5.41, 5.74) is 2.25. The summed E-state index contributed by atoms with van der Waals surface area (Å²) in [6, 6.07) is 11.2. The van der Waals surface area contributed by atoms with Gasteiger partial charge in [-0.1, -0.05) is 25.1 Å². The number of hydrogen-bond donors (Lipinski definition) is 1. The Kier molecular flexibility index (Phi) is 4.69. The summed E-state index contributed by atoms with van der Waals surface area (Å²) < 4.78 is 30.4. The molecule has 0 bridgehead atoms. The highest BCUT2D eigenvalue weighted by Crippen LogP contribution is 2.20. The van der Waals surface area contributed by atoms with Crippen LogP contribution in [-0.4, -0.2) is 26.8 Å². The number of nitrogens with zero attached hydrogens (tertiary/aromatic N) is 1. The highest BCUT2D eigenvalue weighted by molar-refractivity contribution is 7.88. The predicted molar refractivity (Wildman–Crippen MR) is 82.7 cm³/mol. The van der Waals surface area contributed by atoms with Crippen molar-refractivity contribution in [2.45, 2.75) is 25.0 Å². The maximum Gasteiger partial charge on any atom is 0.275 e. The first-order valence-corrected chi connectivity index (χ1v) is 8.22. The lowest BCUT2D eigenvalue weighted by molar-refractivity contribution is 0.402. The highest BCUT2D eigenvalue weighted by Gasteiger charge is 2.21. The molecule has 0 spiro atoms. The zero-order valence-electron chi connectivity index (χ0n) is 12.5. The maximum absolute atomic E-state index is 11.9. The summed E-state index contributed by atoms with van der Waals surface area (Å²) >= 11 is 0. The van der Waals surface area contributed by atoms with Crippen molar-refractivity contribution in [3.05, 3.63) is 47.7 Å². The third kappa shape index (κ3) is 3.46. The van der Waals surface area contributed by atoms with Gasteiger partial charge in [-0.2, -0.15) is 0 Å². The summed E-state index contributed by atoms with van der Waals surface area (Å²) in [4.78, 5) is 0. The molecule has 1 N–H and O–H groups in total. The fourth-order valence-corrected chi connectivity index (χ4v) is 2.77. The van der Waals surface area contributed by atoms with Crippen LogP contribution in [0.25, 0.3) is 0 Å². The van der Waals surface area contributed by atoms with Gasteiger partial charge >= 0.3 is 0 Å². The Balaban J connectivity index is 2.10. The number of nitrogens with one attached hydrogen (secondary N) is 1. The minimum absolute atomic E-state index is 0.0342. The molecule has 5 nitrogen and oxygen atoms in total. The van der Waals surface area contributed by atoms with E-state index in [4.69, 9.17) is 4.42 Å². The van der Waals surface area contributed by atoms with Gasteiger partial charge in [0.05, 0.1) is 6.54 Å². The van der Waals surface area contributed by atoms with Crippen LogP contribution in [0.2, 0.25) is 0 Å². The second kappa shape index (κ2) is 6.32. The van der Waals surface area contributed by atoms with E-state index in [1.807, 2.05) is 18.2 Å². The monoisotopic (exact) mass is 308 g/mol. The molecule has 2 rings (SSSR count). The van der Waals surface area contributed by atoms with E-state index in [-0.39, 0.29) is 5.09 Å². The minimum atomic E-state index is -3.51. The van der Waals surface area contributed by atoms with Gasteiger partial charge in [0.25, 0.3) is 10.0 Å². The predicted octanol–water partition coefficient (Wildman–Crippen LogP) is 2.70. The van der Waals surface area contributed by atoms with Crippen LogP contribution in [0.3, 0.4) is 0 Å². The number of aryl methyl sites for hydroxylation is 1. The van der Waals surface area contributed by atoms with Gasteiger partial charge < -0.3 is 9.73 Å². The zero-order chi connectivity index (χ0) is 15.5. The molecule has 0 radical (unpaired) electrons. The quantitative estimate of drug-likeness (QED) is 0.891.